The van der Waals surface area contributed by atoms with Crippen LogP contribution in [0.25, 0.3) is 5.57 Å². The molecule has 3 aliphatic carbocycles. The molecule has 3 fully saturated rings. The number of rotatable bonds is 8. The van der Waals surface area contributed by atoms with Crippen LogP contribution in [-0.4, -0.2) is 42.0 Å². The van der Waals surface area contributed by atoms with E-state index in [-0.39, 0.29) is 40.0 Å². The Morgan fingerprint density at radius 1 is 1.21 bits per heavy atom. The van der Waals surface area contributed by atoms with Gasteiger partial charge in [-0.1, -0.05) is 17.7 Å². The standard InChI is InChI=1S/C25H24ClFN2O4/c26-20-3-2-19(9-21(20)27)33-12-18(30)10-24-13-25(14-24,15-24)29-23(31)17-1-4-22(28-11-17)16-5-7-32-8-6-16/h1-5,9,11H,6-8,10,12-15H2,(H,29,31). The average molecular weight is 471 g/mol. The number of hydrogen-bond acceptors (Lipinski definition) is 5. The van der Waals surface area contributed by atoms with Crippen molar-refractivity contribution in [2.45, 2.75) is 37.6 Å². The van der Waals surface area contributed by atoms with Gasteiger partial charge in [0.1, 0.15) is 18.2 Å². The summed E-state index contributed by atoms with van der Waals surface area (Å²) in [6, 6.07) is 7.78. The van der Waals surface area contributed by atoms with Crippen molar-refractivity contribution in [3.05, 3.63) is 64.7 Å². The molecule has 1 amide bonds. The van der Waals surface area contributed by atoms with Gasteiger partial charge < -0.3 is 14.8 Å². The zero-order chi connectivity index (χ0) is 23.1. The van der Waals surface area contributed by atoms with Gasteiger partial charge in [-0.25, -0.2) is 4.39 Å². The summed E-state index contributed by atoms with van der Waals surface area (Å²) in [5.74, 6) is -0.474. The molecule has 6 nitrogen and oxygen atoms in total. The van der Waals surface area contributed by atoms with Gasteiger partial charge in [0.25, 0.3) is 5.91 Å². The SMILES string of the molecule is O=C(COc1ccc(Cl)c(F)c1)CC12CC(NC(=O)c3ccc(C4=CCOCC4)nc3)(C1)C2. The third-order valence-electron chi connectivity index (χ3n) is 6.70. The van der Waals surface area contributed by atoms with Crippen LogP contribution in [0.5, 0.6) is 5.75 Å². The second kappa shape index (κ2) is 8.54. The van der Waals surface area contributed by atoms with Gasteiger partial charge >= 0.3 is 0 Å². The molecule has 0 radical (unpaired) electrons. The van der Waals surface area contributed by atoms with Crippen LogP contribution >= 0.6 is 11.6 Å². The van der Waals surface area contributed by atoms with Crippen LogP contribution < -0.4 is 10.1 Å². The number of carbonyl (C=O) groups excluding carboxylic acids is 2. The lowest BCUT2D eigenvalue weighted by atomic mass is 9.38. The van der Waals surface area contributed by atoms with Crippen molar-refractivity contribution >= 4 is 28.9 Å². The predicted molar refractivity (Wildman–Crippen MR) is 121 cm³/mol. The van der Waals surface area contributed by atoms with Gasteiger partial charge in [0.15, 0.2) is 5.78 Å². The van der Waals surface area contributed by atoms with Gasteiger partial charge in [-0.05, 0) is 60.9 Å². The topological polar surface area (TPSA) is 77.5 Å². The first-order valence-electron chi connectivity index (χ1n) is 11.0. The maximum Gasteiger partial charge on any atom is 0.253 e. The van der Waals surface area contributed by atoms with E-state index in [1.165, 1.54) is 18.2 Å². The molecular formula is C25H24ClFN2O4. The quantitative estimate of drug-likeness (QED) is 0.620. The third kappa shape index (κ3) is 4.52. The van der Waals surface area contributed by atoms with Crippen LogP contribution in [0.15, 0.2) is 42.6 Å². The summed E-state index contributed by atoms with van der Waals surface area (Å²) in [6.45, 7) is 1.18. The Bertz CT molecular complexity index is 1110. The molecule has 2 aromatic rings. The number of amides is 1. The van der Waals surface area contributed by atoms with E-state index in [0.29, 0.717) is 25.2 Å². The molecule has 6 rings (SSSR count). The van der Waals surface area contributed by atoms with Gasteiger partial charge in [-0.3, -0.25) is 14.6 Å². The summed E-state index contributed by atoms with van der Waals surface area (Å²) in [5, 5.41) is 3.14. The number of carbonyl (C=O) groups is 2. The highest BCUT2D eigenvalue weighted by Crippen LogP contribution is 2.69. The summed E-state index contributed by atoms with van der Waals surface area (Å²) in [7, 11) is 0. The van der Waals surface area contributed by atoms with E-state index in [0.717, 1.165) is 37.0 Å². The molecule has 4 aliphatic rings. The number of ketones is 1. The molecule has 2 heterocycles. The lowest BCUT2D eigenvalue weighted by Gasteiger charge is -2.70. The third-order valence-corrected chi connectivity index (χ3v) is 7.01. The highest BCUT2D eigenvalue weighted by molar-refractivity contribution is 6.30. The van der Waals surface area contributed by atoms with Crippen LogP contribution in [-0.2, 0) is 9.53 Å². The molecule has 1 aromatic carbocycles. The van der Waals surface area contributed by atoms with Crippen LogP contribution in [0.1, 0.15) is 48.2 Å². The van der Waals surface area contributed by atoms with Gasteiger partial charge in [0.05, 0.1) is 29.5 Å². The lowest BCUT2D eigenvalue weighted by Crippen LogP contribution is -2.75. The van der Waals surface area contributed by atoms with E-state index in [9.17, 15) is 14.0 Å². The van der Waals surface area contributed by atoms with Crippen molar-refractivity contribution in [2.75, 3.05) is 19.8 Å². The van der Waals surface area contributed by atoms with Gasteiger partial charge in [0, 0.05) is 24.2 Å². The Morgan fingerprint density at radius 2 is 2.03 bits per heavy atom. The Kier molecular flexibility index (Phi) is 5.70. The Hall–Kier alpha value is -2.77. The zero-order valence-electron chi connectivity index (χ0n) is 18.0. The largest absolute Gasteiger partial charge is 0.486 e. The predicted octanol–water partition coefficient (Wildman–Crippen LogP) is 4.37. The molecule has 1 aromatic heterocycles. The van der Waals surface area contributed by atoms with Crippen LogP contribution in [0.4, 0.5) is 4.39 Å². The maximum atomic E-state index is 13.5. The number of pyridine rings is 1. The summed E-state index contributed by atoms with van der Waals surface area (Å²) < 4.78 is 24.2. The molecule has 3 saturated carbocycles. The van der Waals surface area contributed by atoms with Gasteiger partial charge in [0.2, 0.25) is 0 Å². The van der Waals surface area contributed by atoms with Crippen molar-refractivity contribution in [1.82, 2.24) is 10.3 Å². The molecule has 8 heteroatoms. The molecular weight excluding hydrogens is 447 g/mol. The van der Waals surface area contributed by atoms with Gasteiger partial charge in [-0.2, -0.15) is 0 Å². The van der Waals surface area contributed by atoms with Crippen LogP contribution in [0.2, 0.25) is 5.02 Å². The lowest BCUT2D eigenvalue weighted by molar-refractivity contribution is -0.162. The zero-order valence-corrected chi connectivity index (χ0v) is 18.8. The Morgan fingerprint density at radius 3 is 2.70 bits per heavy atom. The van der Waals surface area contributed by atoms with Crippen molar-refractivity contribution < 1.29 is 23.5 Å². The molecule has 33 heavy (non-hydrogen) atoms. The van der Waals surface area contributed by atoms with Crippen molar-refractivity contribution in [2.24, 2.45) is 5.41 Å². The monoisotopic (exact) mass is 470 g/mol. The summed E-state index contributed by atoms with van der Waals surface area (Å²) in [5.41, 5.74) is 2.27. The first kappa shape index (κ1) is 22.0. The Balaban J connectivity index is 1.08. The van der Waals surface area contributed by atoms with Crippen molar-refractivity contribution in [1.29, 1.82) is 0 Å². The van der Waals surface area contributed by atoms with E-state index in [2.05, 4.69) is 10.3 Å². The first-order valence-corrected chi connectivity index (χ1v) is 11.4. The van der Waals surface area contributed by atoms with E-state index < -0.39 is 5.82 Å². The number of nitrogens with one attached hydrogen (secondary N) is 1. The minimum Gasteiger partial charge on any atom is -0.486 e. The van der Waals surface area contributed by atoms with Crippen LogP contribution in [0, 0.1) is 11.2 Å². The molecule has 0 saturated heterocycles. The van der Waals surface area contributed by atoms with E-state index in [4.69, 9.17) is 21.1 Å². The minimum absolute atomic E-state index is 0.0123. The normalized spacial score (nSPS) is 25.3. The second-order valence-electron chi connectivity index (χ2n) is 9.33. The molecule has 1 N–H and O–H groups in total. The fourth-order valence-corrected chi connectivity index (χ4v) is 5.43. The summed E-state index contributed by atoms with van der Waals surface area (Å²) in [6.07, 6.45) is 7.21. The molecule has 172 valence electrons. The number of hydrogen-bond donors (Lipinski definition) is 1. The highest BCUT2D eigenvalue weighted by atomic mass is 35.5. The number of halogens is 2. The fourth-order valence-electron chi connectivity index (χ4n) is 5.31. The number of nitrogens with zero attached hydrogens (tertiary/aromatic N) is 1. The van der Waals surface area contributed by atoms with E-state index >= 15 is 0 Å². The minimum atomic E-state index is -0.579. The smallest absolute Gasteiger partial charge is 0.253 e. The van der Waals surface area contributed by atoms with Crippen molar-refractivity contribution in [3.63, 3.8) is 0 Å². The van der Waals surface area contributed by atoms with Crippen molar-refractivity contribution in [3.8, 4) is 5.75 Å². The molecule has 0 unspecified atom stereocenters. The highest BCUT2D eigenvalue weighted by Gasteiger charge is 2.68. The summed E-state index contributed by atoms with van der Waals surface area (Å²) >= 11 is 5.65. The number of aromatic nitrogens is 1. The second-order valence-corrected chi connectivity index (χ2v) is 9.74. The molecule has 1 aliphatic heterocycles. The summed E-state index contributed by atoms with van der Waals surface area (Å²) in [4.78, 5) is 29.5. The number of ether oxygens (including phenoxy) is 2. The maximum absolute atomic E-state index is 13.5. The molecule has 2 bridgehead atoms. The number of benzene rings is 1. The van der Waals surface area contributed by atoms with E-state index in [1.54, 1.807) is 12.3 Å². The number of Topliss-reactive ketones (excluding diaryl/α,β-unsaturated/α-hetero) is 1. The average Bonchev–Trinajstić information content (AvgIpc) is 2.78. The molecule has 0 atom stereocenters. The first-order chi connectivity index (χ1) is 15.9. The van der Waals surface area contributed by atoms with E-state index in [1.807, 2.05) is 12.1 Å². The fraction of sp³-hybridized carbons (Fsp3) is 0.400. The van der Waals surface area contributed by atoms with Crippen LogP contribution in [0.3, 0.4) is 0 Å². The molecule has 0 spiro atoms. The van der Waals surface area contributed by atoms with Gasteiger partial charge in [-0.15, -0.1) is 0 Å². The Labute approximate surface area is 196 Å².